The summed E-state index contributed by atoms with van der Waals surface area (Å²) in [5.41, 5.74) is 8.96. The number of nitrogens with one attached hydrogen (secondary N) is 1. The van der Waals surface area contributed by atoms with Crippen molar-refractivity contribution < 1.29 is 10.5 Å². The van der Waals surface area contributed by atoms with Gasteiger partial charge in [0, 0.05) is 17.4 Å². The SMILES string of the molecule is Cc1ccc2cc(/C=N\NC(=O)CCCCC[NH3+])c(Cl)nc2c1. The second-order valence-electron chi connectivity index (χ2n) is 5.52. The Morgan fingerprint density at radius 3 is 2.96 bits per heavy atom. The van der Waals surface area contributed by atoms with Crippen LogP contribution in [0.5, 0.6) is 0 Å². The Bertz CT molecular complexity index is 715. The molecule has 5 nitrogen and oxygen atoms in total. The van der Waals surface area contributed by atoms with Gasteiger partial charge in [-0.05, 0) is 43.9 Å². The van der Waals surface area contributed by atoms with Gasteiger partial charge in [0.05, 0.1) is 18.3 Å². The number of amides is 1. The number of carbonyl (C=O) groups excluding carboxylic acids is 1. The number of aromatic nitrogens is 1. The Labute approximate surface area is 140 Å². The highest BCUT2D eigenvalue weighted by atomic mass is 35.5. The van der Waals surface area contributed by atoms with Crippen LogP contribution in [0.1, 0.15) is 36.8 Å². The van der Waals surface area contributed by atoms with E-state index in [0.717, 1.165) is 42.3 Å². The molecule has 0 saturated carbocycles. The van der Waals surface area contributed by atoms with Crippen LogP contribution in [0.25, 0.3) is 10.9 Å². The highest BCUT2D eigenvalue weighted by molar-refractivity contribution is 6.32. The lowest BCUT2D eigenvalue weighted by Crippen LogP contribution is -2.50. The Morgan fingerprint density at radius 1 is 1.35 bits per heavy atom. The lowest BCUT2D eigenvalue weighted by molar-refractivity contribution is -0.368. The molecule has 0 radical (unpaired) electrons. The number of nitrogens with zero attached hydrogens (tertiary/aromatic N) is 2. The van der Waals surface area contributed by atoms with Gasteiger partial charge in [0.25, 0.3) is 0 Å². The molecular formula is C17H22ClN4O+. The molecule has 1 heterocycles. The van der Waals surface area contributed by atoms with Crippen LogP contribution < -0.4 is 11.2 Å². The molecule has 0 aliphatic heterocycles. The van der Waals surface area contributed by atoms with E-state index in [2.05, 4.69) is 21.2 Å². The fourth-order valence-corrected chi connectivity index (χ4v) is 2.42. The monoisotopic (exact) mass is 333 g/mol. The normalized spacial score (nSPS) is 11.3. The van der Waals surface area contributed by atoms with Crippen LogP contribution in [0, 0.1) is 6.92 Å². The number of pyridine rings is 1. The smallest absolute Gasteiger partial charge is 0.240 e. The summed E-state index contributed by atoms with van der Waals surface area (Å²) in [6.07, 6.45) is 4.92. The number of quaternary nitrogens is 1. The maximum atomic E-state index is 11.6. The highest BCUT2D eigenvalue weighted by Crippen LogP contribution is 2.20. The Morgan fingerprint density at radius 2 is 2.17 bits per heavy atom. The fourth-order valence-electron chi connectivity index (χ4n) is 2.23. The Kier molecular flexibility index (Phi) is 6.50. The molecule has 4 N–H and O–H groups in total. The zero-order valence-corrected chi connectivity index (χ0v) is 14.1. The van der Waals surface area contributed by atoms with Crippen molar-refractivity contribution in [1.29, 1.82) is 0 Å². The molecule has 1 aromatic carbocycles. The summed E-state index contributed by atoms with van der Waals surface area (Å²) >= 11 is 6.17. The van der Waals surface area contributed by atoms with E-state index in [4.69, 9.17) is 11.6 Å². The predicted octanol–water partition coefficient (Wildman–Crippen LogP) is 2.45. The number of rotatable bonds is 7. The summed E-state index contributed by atoms with van der Waals surface area (Å²) < 4.78 is 0. The lowest BCUT2D eigenvalue weighted by atomic mass is 10.1. The minimum Gasteiger partial charge on any atom is -0.358 e. The van der Waals surface area contributed by atoms with Crippen molar-refractivity contribution in [2.45, 2.75) is 32.6 Å². The summed E-state index contributed by atoms with van der Waals surface area (Å²) in [6.45, 7) is 2.92. The minimum absolute atomic E-state index is 0.0918. The summed E-state index contributed by atoms with van der Waals surface area (Å²) in [5.74, 6) is -0.0918. The maximum Gasteiger partial charge on any atom is 0.240 e. The van der Waals surface area contributed by atoms with Crippen LogP contribution in [0.2, 0.25) is 5.15 Å². The fraction of sp³-hybridized carbons (Fsp3) is 0.353. The van der Waals surface area contributed by atoms with E-state index >= 15 is 0 Å². The van der Waals surface area contributed by atoms with Crippen LogP contribution in [0.15, 0.2) is 29.4 Å². The van der Waals surface area contributed by atoms with Gasteiger partial charge >= 0.3 is 0 Å². The molecule has 0 bridgehead atoms. The third-order valence-corrected chi connectivity index (χ3v) is 3.80. The molecule has 0 aliphatic carbocycles. The number of unbranched alkanes of at least 4 members (excludes halogenated alkanes) is 2. The van der Waals surface area contributed by atoms with Crippen LogP contribution in [0.4, 0.5) is 0 Å². The molecule has 23 heavy (non-hydrogen) atoms. The molecule has 0 spiro atoms. The van der Waals surface area contributed by atoms with E-state index < -0.39 is 0 Å². The van der Waals surface area contributed by atoms with Gasteiger partial charge in [-0.2, -0.15) is 5.10 Å². The zero-order chi connectivity index (χ0) is 16.7. The van der Waals surface area contributed by atoms with Gasteiger partial charge in [0.15, 0.2) is 0 Å². The third kappa shape index (κ3) is 5.30. The van der Waals surface area contributed by atoms with Crippen LogP contribution in [-0.2, 0) is 4.79 Å². The van der Waals surface area contributed by atoms with E-state index in [1.54, 1.807) is 0 Å². The molecule has 2 rings (SSSR count). The van der Waals surface area contributed by atoms with E-state index in [9.17, 15) is 4.79 Å². The molecule has 122 valence electrons. The standard InChI is InChI=1S/C17H21ClN4O/c1-12-6-7-13-10-14(17(18)21-15(13)9-12)11-20-22-16(23)5-3-2-4-8-19/h6-7,9-11H,2-5,8,19H2,1H3,(H,22,23)/p+1/b20-11-. The van der Waals surface area contributed by atoms with Crippen molar-refractivity contribution in [3.63, 3.8) is 0 Å². The predicted molar refractivity (Wildman–Crippen MR) is 93.4 cm³/mol. The van der Waals surface area contributed by atoms with Gasteiger partial charge in [0.2, 0.25) is 5.91 Å². The molecule has 0 atom stereocenters. The number of hydrogen-bond donors (Lipinski definition) is 2. The number of benzene rings is 1. The Balaban J connectivity index is 1.96. The van der Waals surface area contributed by atoms with Crippen LogP contribution >= 0.6 is 11.6 Å². The quantitative estimate of drug-likeness (QED) is 0.353. The lowest BCUT2D eigenvalue weighted by Gasteiger charge is -2.03. The van der Waals surface area contributed by atoms with Crippen molar-refractivity contribution in [1.82, 2.24) is 10.4 Å². The molecule has 6 heteroatoms. The molecule has 0 aliphatic rings. The number of fused-ring (bicyclic) bond motifs is 1. The second-order valence-corrected chi connectivity index (χ2v) is 5.88. The average molecular weight is 334 g/mol. The first-order chi connectivity index (χ1) is 11.1. The molecule has 1 amide bonds. The van der Waals surface area contributed by atoms with Crippen molar-refractivity contribution in [3.8, 4) is 0 Å². The first-order valence-electron chi connectivity index (χ1n) is 7.78. The van der Waals surface area contributed by atoms with Crippen molar-refractivity contribution in [2.75, 3.05) is 6.54 Å². The van der Waals surface area contributed by atoms with Gasteiger partial charge in [0.1, 0.15) is 5.15 Å². The van der Waals surface area contributed by atoms with Gasteiger partial charge in [-0.3, -0.25) is 4.79 Å². The average Bonchev–Trinajstić information content (AvgIpc) is 2.52. The highest BCUT2D eigenvalue weighted by Gasteiger charge is 2.04. The largest absolute Gasteiger partial charge is 0.358 e. The van der Waals surface area contributed by atoms with E-state index in [1.165, 1.54) is 6.21 Å². The summed E-state index contributed by atoms with van der Waals surface area (Å²) in [7, 11) is 0. The number of halogens is 1. The van der Waals surface area contributed by atoms with Crippen LogP contribution in [-0.4, -0.2) is 23.7 Å². The van der Waals surface area contributed by atoms with Gasteiger partial charge in [-0.25, -0.2) is 10.4 Å². The van der Waals surface area contributed by atoms with E-state index in [1.807, 2.05) is 31.2 Å². The van der Waals surface area contributed by atoms with Crippen molar-refractivity contribution in [3.05, 3.63) is 40.5 Å². The topological polar surface area (TPSA) is 82.0 Å². The van der Waals surface area contributed by atoms with Gasteiger partial charge in [-0.1, -0.05) is 23.7 Å². The molecular weight excluding hydrogens is 312 g/mol. The molecule has 0 saturated heterocycles. The van der Waals surface area contributed by atoms with Crippen LogP contribution in [0.3, 0.4) is 0 Å². The van der Waals surface area contributed by atoms with Gasteiger partial charge < -0.3 is 5.73 Å². The van der Waals surface area contributed by atoms with E-state index in [-0.39, 0.29) is 5.91 Å². The zero-order valence-electron chi connectivity index (χ0n) is 13.3. The molecule has 2 aromatic rings. The number of carbonyl (C=O) groups is 1. The maximum absolute atomic E-state index is 11.6. The van der Waals surface area contributed by atoms with Crippen molar-refractivity contribution >= 4 is 34.6 Å². The minimum atomic E-state index is -0.0918. The Hall–Kier alpha value is -1.98. The molecule has 0 unspecified atom stereocenters. The second kappa shape index (κ2) is 8.60. The van der Waals surface area contributed by atoms with Crippen molar-refractivity contribution in [2.24, 2.45) is 5.10 Å². The summed E-state index contributed by atoms with van der Waals surface area (Å²) in [5, 5.41) is 5.32. The van der Waals surface area contributed by atoms with E-state index in [0.29, 0.717) is 17.1 Å². The number of hydrazone groups is 1. The summed E-state index contributed by atoms with van der Waals surface area (Å²) in [6, 6.07) is 7.91. The number of aryl methyl sites for hydroxylation is 1. The first kappa shape index (κ1) is 17.4. The summed E-state index contributed by atoms with van der Waals surface area (Å²) in [4.78, 5) is 16.0. The molecule has 0 fully saturated rings. The first-order valence-corrected chi connectivity index (χ1v) is 8.16. The third-order valence-electron chi connectivity index (χ3n) is 3.50. The van der Waals surface area contributed by atoms with Gasteiger partial charge in [-0.15, -0.1) is 0 Å². The number of hydrogen-bond acceptors (Lipinski definition) is 3. The molecule has 1 aromatic heterocycles.